The Morgan fingerprint density at radius 3 is 2.95 bits per heavy atom. The lowest BCUT2D eigenvalue weighted by atomic mass is 10.0. The first-order chi connectivity index (χ1) is 10.6. The number of hydrazone groups is 1. The van der Waals surface area contributed by atoms with Gasteiger partial charge in [0.15, 0.2) is 0 Å². The minimum atomic E-state index is -0.426. The van der Waals surface area contributed by atoms with E-state index in [0.29, 0.717) is 12.3 Å². The van der Waals surface area contributed by atoms with Crippen LogP contribution in [0.3, 0.4) is 0 Å². The second-order valence-electron chi connectivity index (χ2n) is 5.25. The van der Waals surface area contributed by atoms with Crippen LogP contribution in [0.15, 0.2) is 28.3 Å². The van der Waals surface area contributed by atoms with E-state index < -0.39 is 4.92 Å². The maximum absolute atomic E-state index is 10.8. The van der Waals surface area contributed by atoms with Gasteiger partial charge in [0.05, 0.1) is 17.6 Å². The topological polar surface area (TPSA) is 103 Å². The molecule has 0 saturated carbocycles. The zero-order valence-corrected chi connectivity index (χ0v) is 12.6. The molecule has 7 heteroatoms. The van der Waals surface area contributed by atoms with E-state index >= 15 is 0 Å². The average molecular weight is 304 g/mol. The van der Waals surface area contributed by atoms with Crippen LogP contribution in [0.1, 0.15) is 30.4 Å². The smallest absolute Gasteiger partial charge is 0.269 e. The molecule has 1 atom stereocenters. The minimum Gasteiger partial charge on any atom is -0.376 e. The molecule has 118 valence electrons. The molecule has 0 bridgehead atoms. The summed E-state index contributed by atoms with van der Waals surface area (Å²) in [6.45, 7) is 3.15. The average Bonchev–Trinajstić information content (AvgIpc) is 2.53. The van der Waals surface area contributed by atoms with E-state index in [2.05, 4.69) is 10.1 Å². The first-order valence-corrected chi connectivity index (χ1v) is 7.26. The van der Waals surface area contributed by atoms with Gasteiger partial charge in [0, 0.05) is 30.5 Å². The molecule has 1 aliphatic heterocycles. The van der Waals surface area contributed by atoms with Crippen molar-refractivity contribution in [3.63, 3.8) is 0 Å². The number of nitrogens with two attached hydrogens (primary N) is 1. The van der Waals surface area contributed by atoms with Crippen molar-refractivity contribution in [2.45, 2.75) is 32.3 Å². The highest BCUT2D eigenvalue weighted by Crippen LogP contribution is 2.17. The number of rotatable bonds is 5. The van der Waals surface area contributed by atoms with Crippen molar-refractivity contribution in [3.05, 3.63) is 39.4 Å². The Morgan fingerprint density at radius 2 is 2.36 bits per heavy atom. The van der Waals surface area contributed by atoms with Crippen molar-refractivity contribution >= 4 is 17.6 Å². The van der Waals surface area contributed by atoms with Crippen LogP contribution in [0.2, 0.25) is 0 Å². The number of nitro benzene ring substituents is 1. The van der Waals surface area contributed by atoms with E-state index in [1.807, 2.05) is 0 Å². The second kappa shape index (κ2) is 7.65. The van der Waals surface area contributed by atoms with Crippen LogP contribution in [-0.4, -0.2) is 36.1 Å². The lowest BCUT2D eigenvalue weighted by Crippen LogP contribution is -2.22. The summed E-state index contributed by atoms with van der Waals surface area (Å²) < 4.78 is 5.61. The fraction of sp³-hybridized carbons (Fsp3) is 0.467. The fourth-order valence-electron chi connectivity index (χ4n) is 2.43. The van der Waals surface area contributed by atoms with Gasteiger partial charge in [-0.05, 0) is 37.8 Å². The summed E-state index contributed by atoms with van der Waals surface area (Å²) in [6.07, 6.45) is 5.05. The van der Waals surface area contributed by atoms with E-state index in [1.165, 1.54) is 18.6 Å². The molecular formula is C15H20N4O3. The third-order valence-electron chi connectivity index (χ3n) is 3.63. The monoisotopic (exact) mass is 304 g/mol. The van der Waals surface area contributed by atoms with E-state index in [1.54, 1.807) is 19.2 Å². The van der Waals surface area contributed by atoms with Gasteiger partial charge < -0.3 is 10.6 Å². The third kappa shape index (κ3) is 4.11. The van der Waals surface area contributed by atoms with Gasteiger partial charge in [0.2, 0.25) is 0 Å². The molecule has 0 radical (unpaired) electrons. The molecule has 1 saturated heterocycles. The molecule has 22 heavy (non-hydrogen) atoms. The van der Waals surface area contributed by atoms with Crippen molar-refractivity contribution in [1.29, 1.82) is 0 Å². The van der Waals surface area contributed by atoms with Crippen molar-refractivity contribution < 1.29 is 9.66 Å². The van der Waals surface area contributed by atoms with Gasteiger partial charge in [0.1, 0.15) is 5.71 Å². The molecule has 1 aromatic rings. The summed E-state index contributed by atoms with van der Waals surface area (Å²) in [6, 6.07) is 4.58. The highest BCUT2D eigenvalue weighted by atomic mass is 16.6. The Morgan fingerprint density at radius 1 is 1.55 bits per heavy atom. The van der Waals surface area contributed by atoms with Crippen LogP contribution < -0.4 is 5.84 Å². The number of hydrogen-bond acceptors (Lipinski definition) is 6. The molecule has 0 amide bonds. The summed E-state index contributed by atoms with van der Waals surface area (Å²) >= 11 is 0. The first kappa shape index (κ1) is 16.1. The summed E-state index contributed by atoms with van der Waals surface area (Å²) in [5, 5.41) is 14.5. The molecule has 1 unspecified atom stereocenters. The number of benzene rings is 1. The Balaban J connectivity index is 2.06. The van der Waals surface area contributed by atoms with E-state index in [9.17, 15) is 10.1 Å². The zero-order valence-electron chi connectivity index (χ0n) is 12.6. The maximum atomic E-state index is 10.8. The van der Waals surface area contributed by atoms with Crippen LogP contribution >= 0.6 is 0 Å². The molecule has 1 fully saturated rings. The molecule has 1 aliphatic rings. The zero-order chi connectivity index (χ0) is 15.9. The van der Waals surface area contributed by atoms with Crippen molar-refractivity contribution in [3.8, 4) is 0 Å². The lowest BCUT2D eigenvalue weighted by molar-refractivity contribution is -0.384. The summed E-state index contributed by atoms with van der Waals surface area (Å²) in [5.41, 5.74) is 2.02. The molecular weight excluding hydrogens is 284 g/mol. The Kier molecular flexibility index (Phi) is 5.60. The number of ether oxygens (including phenoxy) is 1. The van der Waals surface area contributed by atoms with E-state index in [4.69, 9.17) is 10.6 Å². The number of nitrogens with zero attached hydrogens (tertiary/aromatic N) is 3. The fourth-order valence-corrected chi connectivity index (χ4v) is 2.43. The molecule has 0 spiro atoms. The molecule has 7 nitrogen and oxygen atoms in total. The van der Waals surface area contributed by atoms with Crippen LogP contribution in [0.25, 0.3) is 0 Å². The quantitative estimate of drug-likeness (QED) is 0.390. The van der Waals surface area contributed by atoms with Gasteiger partial charge in [-0.3, -0.25) is 15.1 Å². The second-order valence-corrected chi connectivity index (χ2v) is 5.25. The molecule has 1 heterocycles. The maximum Gasteiger partial charge on any atom is 0.269 e. The van der Waals surface area contributed by atoms with E-state index in [0.717, 1.165) is 30.6 Å². The van der Waals surface area contributed by atoms with E-state index in [-0.39, 0.29) is 11.8 Å². The normalized spacial score (nSPS) is 19.5. The molecule has 0 aliphatic carbocycles. The Bertz CT molecular complexity index is 592. The number of non-ortho nitro benzene ring substituents is 1. The van der Waals surface area contributed by atoms with Crippen LogP contribution in [0, 0.1) is 17.0 Å². The Labute approximate surface area is 129 Å². The predicted octanol–water partition coefficient (Wildman–Crippen LogP) is 2.21. The van der Waals surface area contributed by atoms with Gasteiger partial charge >= 0.3 is 0 Å². The number of hydrogen-bond donors (Lipinski definition) is 1. The van der Waals surface area contributed by atoms with Crippen molar-refractivity contribution in [2.24, 2.45) is 15.9 Å². The standard InChI is InChI=1S/C15H20N4O3/c1-11-8-12(19(20)21)5-6-14(11)15(18-16)10-17-9-13-4-2-3-7-22-13/h5-6,8,10,13H,2-4,7,9,16H2,1H3/b17-10?,18-15+. The van der Waals surface area contributed by atoms with Crippen molar-refractivity contribution in [1.82, 2.24) is 0 Å². The van der Waals surface area contributed by atoms with Gasteiger partial charge in [0.25, 0.3) is 5.69 Å². The largest absolute Gasteiger partial charge is 0.376 e. The predicted molar refractivity (Wildman–Crippen MR) is 85.5 cm³/mol. The van der Waals surface area contributed by atoms with Gasteiger partial charge in [-0.1, -0.05) is 0 Å². The number of nitro groups is 1. The molecule has 1 aromatic carbocycles. The SMILES string of the molecule is Cc1cc([N+](=O)[O-])ccc1/C(C=NCC1CCCCO1)=N/N. The molecule has 2 rings (SSSR count). The summed E-state index contributed by atoms with van der Waals surface area (Å²) in [4.78, 5) is 14.7. The summed E-state index contributed by atoms with van der Waals surface area (Å²) in [7, 11) is 0. The minimum absolute atomic E-state index is 0.0464. The highest BCUT2D eigenvalue weighted by Gasteiger charge is 2.13. The highest BCUT2D eigenvalue weighted by molar-refractivity contribution is 6.38. The van der Waals surface area contributed by atoms with Crippen molar-refractivity contribution in [2.75, 3.05) is 13.2 Å². The molecule has 0 aromatic heterocycles. The first-order valence-electron chi connectivity index (χ1n) is 7.26. The lowest BCUT2D eigenvalue weighted by Gasteiger charge is -2.20. The number of aliphatic imine (C=N–C) groups is 1. The Hall–Kier alpha value is -2.28. The van der Waals surface area contributed by atoms with Crippen LogP contribution in [0.5, 0.6) is 0 Å². The molecule has 2 N–H and O–H groups in total. The van der Waals surface area contributed by atoms with Gasteiger partial charge in [-0.15, -0.1) is 0 Å². The third-order valence-corrected chi connectivity index (χ3v) is 3.63. The van der Waals surface area contributed by atoms with Gasteiger partial charge in [-0.25, -0.2) is 0 Å². The van der Waals surface area contributed by atoms with Gasteiger partial charge in [-0.2, -0.15) is 5.10 Å². The number of aryl methyl sites for hydroxylation is 1. The van der Waals surface area contributed by atoms with Crippen LogP contribution in [-0.2, 0) is 4.74 Å². The summed E-state index contributed by atoms with van der Waals surface area (Å²) in [5.74, 6) is 5.42. The van der Waals surface area contributed by atoms with Crippen LogP contribution in [0.4, 0.5) is 5.69 Å².